The van der Waals surface area contributed by atoms with Crippen LogP contribution < -0.4 is 26.0 Å². The van der Waals surface area contributed by atoms with Gasteiger partial charge in [-0.05, 0) is 37.1 Å². The molecule has 1 saturated heterocycles. The quantitative estimate of drug-likeness (QED) is 0.517. The van der Waals surface area contributed by atoms with E-state index in [0.29, 0.717) is 18.3 Å². The molecule has 0 aliphatic carbocycles. The summed E-state index contributed by atoms with van der Waals surface area (Å²) in [5, 5.41) is 6.68. The number of carbonyl (C=O) groups excluding carboxylic acids is 1. The van der Waals surface area contributed by atoms with E-state index in [2.05, 4.69) is 32.7 Å². The highest BCUT2D eigenvalue weighted by atomic mass is 16.5. The van der Waals surface area contributed by atoms with Gasteiger partial charge in [0.15, 0.2) is 11.7 Å². The molecule has 28 heavy (non-hydrogen) atoms. The number of nitrogens with two attached hydrogens (primary N) is 1. The first kappa shape index (κ1) is 19.6. The van der Waals surface area contributed by atoms with E-state index >= 15 is 0 Å². The van der Waals surface area contributed by atoms with Crippen LogP contribution in [0.1, 0.15) is 29.2 Å². The van der Waals surface area contributed by atoms with Crippen LogP contribution in [0.15, 0.2) is 45.8 Å². The molecule has 1 unspecified atom stereocenters. The molecule has 1 fully saturated rings. The minimum atomic E-state index is -0.575. The standard InChI is InChI=1S/C20H27N5O3/c1-22-20(23-12-17-8-9-18(28-17)19(21)26)24-14-5-4-10-25(13-14)15-6-3-7-16(11-15)27-2/h3,6-9,11,14H,4-5,10,12-13H2,1-2H3,(H2,21,26)(H2,22,23,24). The summed E-state index contributed by atoms with van der Waals surface area (Å²) in [5.74, 6) is 1.75. The molecule has 8 nitrogen and oxygen atoms in total. The second kappa shape index (κ2) is 9.16. The topological polar surface area (TPSA) is 105 Å². The first-order valence-electron chi connectivity index (χ1n) is 9.33. The van der Waals surface area contributed by atoms with Gasteiger partial charge in [0.25, 0.3) is 5.91 Å². The molecule has 8 heteroatoms. The maximum absolute atomic E-state index is 11.1. The predicted octanol–water partition coefficient (Wildman–Crippen LogP) is 1.72. The summed E-state index contributed by atoms with van der Waals surface area (Å²) in [5.41, 5.74) is 6.37. The van der Waals surface area contributed by atoms with Gasteiger partial charge in [-0.15, -0.1) is 0 Å². The lowest BCUT2D eigenvalue weighted by Crippen LogP contribution is -2.51. The van der Waals surface area contributed by atoms with Crippen molar-refractivity contribution in [2.24, 2.45) is 10.7 Å². The van der Waals surface area contributed by atoms with Gasteiger partial charge in [0.1, 0.15) is 11.5 Å². The van der Waals surface area contributed by atoms with Gasteiger partial charge < -0.3 is 30.4 Å². The van der Waals surface area contributed by atoms with Gasteiger partial charge in [0, 0.05) is 37.9 Å². The van der Waals surface area contributed by atoms with Crippen LogP contribution in [0.5, 0.6) is 5.75 Å². The van der Waals surface area contributed by atoms with Crippen LogP contribution in [0.3, 0.4) is 0 Å². The maximum Gasteiger partial charge on any atom is 0.284 e. The molecule has 0 radical (unpaired) electrons. The number of rotatable bonds is 6. The number of furan rings is 1. The fraction of sp³-hybridized carbons (Fsp3) is 0.400. The lowest BCUT2D eigenvalue weighted by atomic mass is 10.0. The number of hydrogen-bond acceptors (Lipinski definition) is 5. The fourth-order valence-corrected chi connectivity index (χ4v) is 3.30. The van der Waals surface area contributed by atoms with Crippen molar-refractivity contribution in [3.8, 4) is 5.75 Å². The van der Waals surface area contributed by atoms with Crippen LogP contribution in [0, 0.1) is 0 Å². The Balaban J connectivity index is 1.55. The molecular formula is C20H27N5O3. The van der Waals surface area contributed by atoms with Crippen molar-refractivity contribution < 1.29 is 13.9 Å². The van der Waals surface area contributed by atoms with Gasteiger partial charge in [-0.1, -0.05) is 6.07 Å². The van der Waals surface area contributed by atoms with Crippen molar-refractivity contribution in [1.82, 2.24) is 10.6 Å². The molecule has 0 spiro atoms. The van der Waals surface area contributed by atoms with Gasteiger partial charge in [-0.3, -0.25) is 9.79 Å². The summed E-state index contributed by atoms with van der Waals surface area (Å²) in [4.78, 5) is 17.8. The van der Waals surface area contributed by atoms with Crippen LogP contribution in [-0.2, 0) is 6.54 Å². The second-order valence-corrected chi connectivity index (χ2v) is 6.69. The fourth-order valence-electron chi connectivity index (χ4n) is 3.30. The Labute approximate surface area is 164 Å². The number of amides is 1. The molecule has 0 saturated carbocycles. The average Bonchev–Trinajstić information content (AvgIpc) is 3.21. The summed E-state index contributed by atoms with van der Waals surface area (Å²) in [6.45, 7) is 2.30. The highest BCUT2D eigenvalue weighted by Gasteiger charge is 2.21. The Morgan fingerprint density at radius 2 is 2.25 bits per heavy atom. The maximum atomic E-state index is 11.1. The van der Waals surface area contributed by atoms with Crippen molar-refractivity contribution in [3.63, 3.8) is 0 Å². The van der Waals surface area contributed by atoms with E-state index in [1.807, 2.05) is 12.1 Å². The predicted molar refractivity (Wildman–Crippen MR) is 109 cm³/mol. The average molecular weight is 385 g/mol. The zero-order valence-electron chi connectivity index (χ0n) is 16.3. The minimum Gasteiger partial charge on any atom is -0.497 e. The van der Waals surface area contributed by atoms with Crippen LogP contribution in [-0.4, -0.2) is 45.2 Å². The van der Waals surface area contributed by atoms with Crippen molar-refractivity contribution in [3.05, 3.63) is 47.9 Å². The first-order valence-corrected chi connectivity index (χ1v) is 9.33. The Hall–Kier alpha value is -3.16. The van der Waals surface area contributed by atoms with E-state index in [1.165, 1.54) is 0 Å². The third kappa shape index (κ3) is 4.97. The number of anilines is 1. The Bertz CT molecular complexity index is 833. The molecule has 1 aliphatic heterocycles. The molecule has 1 aliphatic rings. The molecule has 0 bridgehead atoms. The molecule has 1 amide bonds. The van der Waals surface area contributed by atoms with Gasteiger partial charge >= 0.3 is 0 Å². The van der Waals surface area contributed by atoms with Crippen molar-refractivity contribution in [2.45, 2.75) is 25.4 Å². The van der Waals surface area contributed by atoms with E-state index in [9.17, 15) is 4.79 Å². The summed E-state index contributed by atoms with van der Waals surface area (Å²) in [7, 11) is 3.41. The van der Waals surface area contributed by atoms with Crippen LogP contribution in [0.2, 0.25) is 0 Å². The number of nitrogens with zero attached hydrogens (tertiary/aromatic N) is 2. The second-order valence-electron chi connectivity index (χ2n) is 6.69. The summed E-state index contributed by atoms with van der Waals surface area (Å²) < 4.78 is 10.7. The molecule has 1 aromatic carbocycles. The lowest BCUT2D eigenvalue weighted by Gasteiger charge is -2.35. The van der Waals surface area contributed by atoms with Crippen molar-refractivity contribution in [2.75, 3.05) is 32.1 Å². The molecular weight excluding hydrogens is 358 g/mol. The SMILES string of the molecule is CN=C(NCc1ccc(C(N)=O)o1)NC1CCCN(c2cccc(OC)c2)C1. The highest BCUT2D eigenvalue weighted by Crippen LogP contribution is 2.24. The number of benzene rings is 1. The molecule has 2 aromatic rings. The Morgan fingerprint density at radius 3 is 2.96 bits per heavy atom. The summed E-state index contributed by atoms with van der Waals surface area (Å²) >= 11 is 0. The largest absolute Gasteiger partial charge is 0.497 e. The number of aliphatic imine (C=N–C) groups is 1. The van der Waals surface area contributed by atoms with E-state index in [-0.39, 0.29) is 11.8 Å². The monoisotopic (exact) mass is 385 g/mol. The Morgan fingerprint density at radius 1 is 1.39 bits per heavy atom. The number of guanidine groups is 1. The van der Waals surface area contributed by atoms with Gasteiger partial charge in [0.2, 0.25) is 0 Å². The molecule has 1 aromatic heterocycles. The number of nitrogens with one attached hydrogen (secondary N) is 2. The number of carbonyl (C=O) groups is 1. The zero-order chi connectivity index (χ0) is 19.9. The summed E-state index contributed by atoms with van der Waals surface area (Å²) in [6, 6.07) is 11.7. The van der Waals surface area contributed by atoms with Crippen LogP contribution in [0.4, 0.5) is 5.69 Å². The number of piperidine rings is 1. The summed E-state index contributed by atoms with van der Waals surface area (Å²) in [6.07, 6.45) is 2.15. The minimum absolute atomic E-state index is 0.154. The number of methoxy groups -OCH3 is 1. The number of ether oxygens (including phenoxy) is 1. The normalized spacial score (nSPS) is 17.3. The molecule has 1 atom stereocenters. The molecule has 4 N–H and O–H groups in total. The van der Waals surface area contributed by atoms with Gasteiger partial charge in [-0.2, -0.15) is 0 Å². The highest BCUT2D eigenvalue weighted by molar-refractivity contribution is 5.89. The van der Waals surface area contributed by atoms with Gasteiger partial charge in [-0.25, -0.2) is 0 Å². The van der Waals surface area contributed by atoms with Crippen molar-refractivity contribution in [1.29, 1.82) is 0 Å². The van der Waals surface area contributed by atoms with Crippen LogP contribution >= 0.6 is 0 Å². The third-order valence-electron chi connectivity index (χ3n) is 4.74. The van der Waals surface area contributed by atoms with Crippen LogP contribution in [0.25, 0.3) is 0 Å². The zero-order valence-corrected chi connectivity index (χ0v) is 16.3. The first-order chi connectivity index (χ1) is 13.6. The van der Waals surface area contributed by atoms with E-state index < -0.39 is 5.91 Å². The number of hydrogen-bond donors (Lipinski definition) is 3. The van der Waals surface area contributed by atoms with E-state index in [1.54, 1.807) is 26.3 Å². The Kier molecular flexibility index (Phi) is 6.41. The molecule has 150 valence electrons. The lowest BCUT2D eigenvalue weighted by molar-refractivity contribution is 0.0972. The molecule has 3 rings (SSSR count). The van der Waals surface area contributed by atoms with Crippen molar-refractivity contribution >= 4 is 17.6 Å². The van der Waals surface area contributed by atoms with E-state index in [0.717, 1.165) is 37.4 Å². The van der Waals surface area contributed by atoms with E-state index in [4.69, 9.17) is 14.9 Å². The molecule has 2 heterocycles. The van der Waals surface area contributed by atoms with Gasteiger partial charge in [0.05, 0.1) is 13.7 Å². The number of primary amides is 1. The smallest absolute Gasteiger partial charge is 0.284 e. The third-order valence-corrected chi connectivity index (χ3v) is 4.74.